The number of furan rings is 1. The molecule has 0 bridgehead atoms. The summed E-state index contributed by atoms with van der Waals surface area (Å²) >= 11 is 0. The number of hydrogen-bond acceptors (Lipinski definition) is 2. The Morgan fingerprint density at radius 3 is 2.19 bits per heavy atom. The van der Waals surface area contributed by atoms with Gasteiger partial charge in [-0.05, 0) is 49.4 Å². The molecule has 0 aliphatic carbocycles. The summed E-state index contributed by atoms with van der Waals surface area (Å²) < 4.78 is 5.38. The van der Waals surface area contributed by atoms with Crippen LogP contribution in [-0.2, 0) is 6.42 Å². The molecule has 0 amide bonds. The van der Waals surface area contributed by atoms with Crippen LogP contribution in [0, 0.1) is 0 Å². The maximum absolute atomic E-state index is 5.38. The van der Waals surface area contributed by atoms with Gasteiger partial charge in [0.05, 0.1) is 6.26 Å². The lowest BCUT2D eigenvalue weighted by Gasteiger charge is -2.20. The van der Waals surface area contributed by atoms with Crippen LogP contribution in [0.2, 0.25) is 0 Å². The second-order valence-corrected chi connectivity index (χ2v) is 6.23. The van der Waals surface area contributed by atoms with Gasteiger partial charge in [0.2, 0.25) is 0 Å². The molecule has 0 radical (unpaired) electrons. The topological polar surface area (TPSA) is 25.2 Å². The molecule has 21 heavy (non-hydrogen) atoms. The van der Waals surface area contributed by atoms with Gasteiger partial charge in [-0.1, -0.05) is 38.1 Å². The summed E-state index contributed by atoms with van der Waals surface area (Å²) in [5, 5.41) is 3.67. The lowest BCUT2D eigenvalue weighted by atomic mass is 9.99. The zero-order valence-corrected chi connectivity index (χ0v) is 13.6. The van der Waals surface area contributed by atoms with E-state index >= 15 is 0 Å². The number of rotatable bonds is 7. The molecule has 0 aliphatic heterocycles. The van der Waals surface area contributed by atoms with Crippen molar-refractivity contribution in [3.63, 3.8) is 0 Å². The van der Waals surface area contributed by atoms with Gasteiger partial charge >= 0.3 is 0 Å². The van der Waals surface area contributed by atoms with Crippen molar-refractivity contribution in [1.82, 2.24) is 5.32 Å². The quantitative estimate of drug-likeness (QED) is 0.768. The molecule has 1 aromatic heterocycles. The predicted octanol–water partition coefficient (Wildman–Crippen LogP) is 5.07. The summed E-state index contributed by atoms with van der Waals surface area (Å²) in [7, 11) is 0. The van der Waals surface area contributed by atoms with Crippen molar-refractivity contribution >= 4 is 0 Å². The highest BCUT2D eigenvalue weighted by molar-refractivity contribution is 5.26. The average Bonchev–Trinajstić information content (AvgIpc) is 2.98. The largest absolute Gasteiger partial charge is 0.469 e. The van der Waals surface area contributed by atoms with Crippen molar-refractivity contribution in [2.24, 2.45) is 0 Å². The molecule has 0 spiro atoms. The fraction of sp³-hybridized carbons (Fsp3) is 0.474. The van der Waals surface area contributed by atoms with Gasteiger partial charge in [0, 0.05) is 18.5 Å². The van der Waals surface area contributed by atoms with Gasteiger partial charge < -0.3 is 9.73 Å². The van der Waals surface area contributed by atoms with Gasteiger partial charge in [-0.25, -0.2) is 0 Å². The normalized spacial score (nSPS) is 14.3. The molecule has 2 nitrogen and oxygen atoms in total. The summed E-state index contributed by atoms with van der Waals surface area (Å²) in [4.78, 5) is 0. The summed E-state index contributed by atoms with van der Waals surface area (Å²) in [6.07, 6.45) is 3.81. The van der Waals surface area contributed by atoms with Crippen molar-refractivity contribution in [2.45, 2.75) is 58.5 Å². The van der Waals surface area contributed by atoms with Crippen LogP contribution in [0.15, 0.2) is 47.1 Å². The summed E-state index contributed by atoms with van der Waals surface area (Å²) in [5.74, 6) is 1.66. The molecule has 1 aromatic carbocycles. The van der Waals surface area contributed by atoms with Crippen LogP contribution in [0.3, 0.4) is 0 Å². The third-order valence-electron chi connectivity index (χ3n) is 4.04. The first kappa shape index (κ1) is 15.8. The molecular weight excluding hydrogens is 258 g/mol. The monoisotopic (exact) mass is 285 g/mol. The molecule has 1 N–H and O–H groups in total. The Morgan fingerprint density at radius 2 is 1.62 bits per heavy atom. The third kappa shape index (κ3) is 4.75. The van der Waals surface area contributed by atoms with E-state index in [2.05, 4.69) is 57.3 Å². The van der Waals surface area contributed by atoms with Crippen molar-refractivity contribution in [1.29, 1.82) is 0 Å². The van der Waals surface area contributed by atoms with E-state index in [9.17, 15) is 0 Å². The lowest BCUT2D eigenvalue weighted by Crippen LogP contribution is -2.29. The van der Waals surface area contributed by atoms with E-state index in [1.165, 1.54) is 11.1 Å². The van der Waals surface area contributed by atoms with Gasteiger partial charge in [-0.15, -0.1) is 0 Å². The molecule has 0 fully saturated rings. The highest BCUT2D eigenvalue weighted by atomic mass is 16.3. The third-order valence-corrected chi connectivity index (χ3v) is 4.04. The van der Waals surface area contributed by atoms with E-state index < -0.39 is 0 Å². The zero-order valence-electron chi connectivity index (χ0n) is 13.6. The zero-order chi connectivity index (χ0) is 15.2. The van der Waals surface area contributed by atoms with Gasteiger partial charge in [-0.3, -0.25) is 0 Å². The molecule has 2 heteroatoms. The second-order valence-electron chi connectivity index (χ2n) is 6.23. The van der Waals surface area contributed by atoms with Crippen LogP contribution in [0.4, 0.5) is 0 Å². The Bertz CT molecular complexity index is 513. The minimum Gasteiger partial charge on any atom is -0.469 e. The summed E-state index contributed by atoms with van der Waals surface area (Å²) in [6, 6.07) is 13.8. The molecule has 0 aliphatic rings. The number of benzene rings is 1. The van der Waals surface area contributed by atoms with E-state index in [0.29, 0.717) is 18.0 Å². The van der Waals surface area contributed by atoms with E-state index in [4.69, 9.17) is 4.42 Å². The smallest absolute Gasteiger partial charge is 0.103 e. The van der Waals surface area contributed by atoms with Crippen LogP contribution >= 0.6 is 0 Å². The first-order valence-electron chi connectivity index (χ1n) is 7.94. The van der Waals surface area contributed by atoms with E-state index in [1.54, 1.807) is 6.26 Å². The first-order chi connectivity index (χ1) is 10.1. The van der Waals surface area contributed by atoms with Crippen LogP contribution in [0.25, 0.3) is 0 Å². The van der Waals surface area contributed by atoms with Crippen LogP contribution in [0.1, 0.15) is 63.0 Å². The molecule has 2 atom stereocenters. The maximum Gasteiger partial charge on any atom is 0.103 e. The van der Waals surface area contributed by atoms with Crippen molar-refractivity contribution in [3.05, 3.63) is 59.5 Å². The minimum atomic E-state index is 0.373. The van der Waals surface area contributed by atoms with Crippen LogP contribution in [0.5, 0.6) is 0 Å². The summed E-state index contributed by atoms with van der Waals surface area (Å²) in [6.45, 7) is 8.93. The Kier molecular flexibility index (Phi) is 5.63. The van der Waals surface area contributed by atoms with Gasteiger partial charge in [0.1, 0.15) is 5.76 Å². The molecule has 0 saturated heterocycles. The van der Waals surface area contributed by atoms with E-state index in [1.807, 2.05) is 12.1 Å². The fourth-order valence-corrected chi connectivity index (χ4v) is 2.59. The highest BCUT2D eigenvalue weighted by Crippen LogP contribution is 2.19. The van der Waals surface area contributed by atoms with E-state index in [-0.39, 0.29) is 0 Å². The predicted molar refractivity (Wildman–Crippen MR) is 88.6 cm³/mol. The standard InChI is InChI=1S/C19H27NO/c1-14(2)17-8-10-18(11-9-17)16(4)20-15(3)7-12-19-6-5-13-21-19/h5-6,8-11,13-16,20H,7,12H2,1-4H3. The Balaban J connectivity index is 1.83. The second kappa shape index (κ2) is 7.46. The summed E-state index contributed by atoms with van der Waals surface area (Å²) in [5.41, 5.74) is 2.75. The molecular formula is C19H27NO. The number of hydrogen-bond donors (Lipinski definition) is 1. The minimum absolute atomic E-state index is 0.373. The maximum atomic E-state index is 5.38. The SMILES string of the molecule is CC(CCc1ccco1)NC(C)c1ccc(C(C)C)cc1. The van der Waals surface area contributed by atoms with Crippen molar-refractivity contribution in [3.8, 4) is 0 Å². The molecule has 2 unspecified atom stereocenters. The molecule has 0 saturated carbocycles. The van der Waals surface area contributed by atoms with Crippen molar-refractivity contribution in [2.75, 3.05) is 0 Å². The van der Waals surface area contributed by atoms with Crippen molar-refractivity contribution < 1.29 is 4.42 Å². The Labute approximate surface area is 128 Å². The lowest BCUT2D eigenvalue weighted by molar-refractivity contribution is 0.430. The van der Waals surface area contributed by atoms with Gasteiger partial charge in [-0.2, -0.15) is 0 Å². The van der Waals surface area contributed by atoms with Gasteiger partial charge in [0.15, 0.2) is 0 Å². The molecule has 2 rings (SSSR count). The number of aryl methyl sites for hydroxylation is 1. The Hall–Kier alpha value is -1.54. The van der Waals surface area contributed by atoms with Gasteiger partial charge in [0.25, 0.3) is 0 Å². The molecule has 1 heterocycles. The van der Waals surface area contributed by atoms with Crippen LogP contribution in [-0.4, -0.2) is 6.04 Å². The van der Waals surface area contributed by atoms with Crippen LogP contribution < -0.4 is 5.32 Å². The Morgan fingerprint density at radius 1 is 0.952 bits per heavy atom. The molecule has 2 aromatic rings. The first-order valence-corrected chi connectivity index (χ1v) is 7.94. The average molecular weight is 285 g/mol. The molecule has 114 valence electrons. The highest BCUT2D eigenvalue weighted by Gasteiger charge is 2.10. The number of nitrogens with one attached hydrogen (secondary N) is 1. The van der Waals surface area contributed by atoms with E-state index in [0.717, 1.165) is 18.6 Å². The fourth-order valence-electron chi connectivity index (χ4n) is 2.59.